The second-order valence-corrected chi connectivity index (χ2v) is 7.68. The van der Waals surface area contributed by atoms with Crippen LogP contribution in [0.3, 0.4) is 0 Å². The minimum Gasteiger partial charge on any atom is -0.515 e. The van der Waals surface area contributed by atoms with Crippen LogP contribution in [0.25, 0.3) is 5.57 Å². The van der Waals surface area contributed by atoms with Crippen LogP contribution in [0.1, 0.15) is 27.8 Å². The Morgan fingerprint density at radius 3 is 1.82 bits per heavy atom. The summed E-state index contributed by atoms with van der Waals surface area (Å²) >= 11 is 0. The summed E-state index contributed by atoms with van der Waals surface area (Å²) < 4.78 is 16.2. The maximum absolute atomic E-state index is 13.4. The van der Waals surface area contributed by atoms with Crippen LogP contribution >= 0.6 is 0 Å². The molecule has 0 unspecified atom stereocenters. The van der Waals surface area contributed by atoms with Crippen molar-refractivity contribution in [2.45, 2.75) is 19.4 Å². The van der Waals surface area contributed by atoms with Gasteiger partial charge in [-0.05, 0) is 65.9 Å². The second kappa shape index (κ2) is 10.2. The molecule has 0 aromatic heterocycles. The van der Waals surface area contributed by atoms with E-state index in [4.69, 9.17) is 14.2 Å². The zero-order chi connectivity index (χ0) is 24.0. The van der Waals surface area contributed by atoms with Crippen molar-refractivity contribution in [3.8, 4) is 11.5 Å². The Morgan fingerprint density at radius 1 is 0.879 bits per heavy atom. The van der Waals surface area contributed by atoms with E-state index < -0.39 is 11.6 Å². The van der Waals surface area contributed by atoms with E-state index in [1.54, 1.807) is 62.8 Å². The lowest BCUT2D eigenvalue weighted by Gasteiger charge is -2.28. The van der Waals surface area contributed by atoms with Crippen LogP contribution in [0.2, 0.25) is 0 Å². The van der Waals surface area contributed by atoms with Crippen LogP contribution in [0.5, 0.6) is 11.5 Å². The molecule has 2 N–H and O–H groups in total. The van der Waals surface area contributed by atoms with Gasteiger partial charge in [0.25, 0.3) is 0 Å². The predicted octanol–water partition coefficient (Wildman–Crippen LogP) is 4.70. The molecule has 0 aliphatic rings. The number of hydrogen-bond donors (Lipinski definition) is 2. The van der Waals surface area contributed by atoms with Crippen molar-refractivity contribution in [3.63, 3.8) is 0 Å². The molecule has 0 spiro atoms. The molecule has 6 nitrogen and oxygen atoms in total. The summed E-state index contributed by atoms with van der Waals surface area (Å²) in [4.78, 5) is 13.4. The van der Waals surface area contributed by atoms with Crippen molar-refractivity contribution in [3.05, 3.63) is 101 Å². The Kier molecular flexibility index (Phi) is 7.41. The number of aliphatic hydroxyl groups excluding tert-OH is 1. The number of aliphatic hydroxyl groups is 2. The van der Waals surface area contributed by atoms with E-state index in [9.17, 15) is 15.0 Å². The van der Waals surface area contributed by atoms with Gasteiger partial charge in [-0.15, -0.1) is 0 Å². The van der Waals surface area contributed by atoms with Gasteiger partial charge in [0.2, 0.25) is 5.60 Å². The lowest BCUT2D eigenvalue weighted by molar-refractivity contribution is -0.160. The predicted molar refractivity (Wildman–Crippen MR) is 126 cm³/mol. The van der Waals surface area contributed by atoms with E-state index in [0.29, 0.717) is 33.8 Å². The molecule has 0 amide bonds. The molecule has 0 fully saturated rings. The highest BCUT2D eigenvalue weighted by atomic mass is 16.5. The Hall–Kier alpha value is -3.77. The molecular weight excluding hydrogens is 420 g/mol. The summed E-state index contributed by atoms with van der Waals surface area (Å²) in [7, 11) is 3.11. The van der Waals surface area contributed by atoms with Crippen molar-refractivity contribution in [1.82, 2.24) is 0 Å². The minimum absolute atomic E-state index is 0.216. The van der Waals surface area contributed by atoms with Gasteiger partial charge in [0.15, 0.2) is 0 Å². The highest BCUT2D eigenvalue weighted by Gasteiger charge is 2.42. The van der Waals surface area contributed by atoms with Gasteiger partial charge < -0.3 is 24.4 Å². The van der Waals surface area contributed by atoms with Crippen LogP contribution in [0.15, 0.2) is 73.0 Å². The van der Waals surface area contributed by atoms with Gasteiger partial charge >= 0.3 is 5.97 Å². The third-order valence-corrected chi connectivity index (χ3v) is 5.58. The third-order valence-electron chi connectivity index (χ3n) is 5.58. The first-order valence-electron chi connectivity index (χ1n) is 10.4. The first kappa shape index (κ1) is 23.9. The van der Waals surface area contributed by atoms with Gasteiger partial charge in [0.1, 0.15) is 18.1 Å². The summed E-state index contributed by atoms with van der Waals surface area (Å²) in [5.74, 6) is 0.400. The van der Waals surface area contributed by atoms with Crippen LogP contribution in [-0.2, 0) is 15.1 Å². The van der Waals surface area contributed by atoms with Crippen molar-refractivity contribution < 1.29 is 29.2 Å². The van der Waals surface area contributed by atoms with Crippen molar-refractivity contribution in [1.29, 1.82) is 0 Å². The normalized spacial score (nSPS) is 11.7. The van der Waals surface area contributed by atoms with Gasteiger partial charge in [-0.2, -0.15) is 0 Å². The quantitative estimate of drug-likeness (QED) is 0.384. The van der Waals surface area contributed by atoms with Crippen LogP contribution < -0.4 is 9.47 Å². The largest absolute Gasteiger partial charge is 0.515 e. The van der Waals surface area contributed by atoms with Crippen LogP contribution in [0, 0.1) is 13.8 Å². The molecule has 172 valence electrons. The lowest BCUT2D eigenvalue weighted by Crippen LogP contribution is -2.39. The number of aryl methyl sites for hydroxylation is 2. The number of esters is 1. The number of hydrogen-bond acceptors (Lipinski definition) is 6. The molecule has 3 aromatic rings. The topological polar surface area (TPSA) is 85.2 Å². The smallest absolute Gasteiger partial charge is 0.348 e. The van der Waals surface area contributed by atoms with E-state index in [2.05, 4.69) is 0 Å². The molecule has 3 aromatic carbocycles. The molecule has 0 saturated heterocycles. The SMILES string of the molecule is COc1ccc(C(O)(C(=O)OCC(=CO)c2ccccc2)c2ccc(OC)c(C)c2)cc1C. The summed E-state index contributed by atoms with van der Waals surface area (Å²) in [6, 6.07) is 19.1. The highest BCUT2D eigenvalue weighted by molar-refractivity contribution is 5.86. The molecule has 0 bridgehead atoms. The molecule has 0 heterocycles. The highest BCUT2D eigenvalue weighted by Crippen LogP contribution is 2.36. The molecule has 0 aliphatic heterocycles. The number of benzene rings is 3. The van der Waals surface area contributed by atoms with Crippen LogP contribution in [-0.4, -0.2) is 37.0 Å². The van der Waals surface area contributed by atoms with E-state index in [-0.39, 0.29) is 6.61 Å². The molecule has 0 saturated carbocycles. The van der Waals surface area contributed by atoms with Gasteiger partial charge in [-0.3, -0.25) is 0 Å². The lowest BCUT2D eigenvalue weighted by atomic mass is 9.84. The Labute approximate surface area is 193 Å². The number of carbonyl (C=O) groups excluding carboxylic acids is 1. The van der Waals surface area contributed by atoms with Crippen molar-refractivity contribution >= 4 is 11.5 Å². The maximum Gasteiger partial charge on any atom is 0.348 e. The van der Waals surface area contributed by atoms with Crippen LogP contribution in [0.4, 0.5) is 0 Å². The third kappa shape index (κ3) is 4.86. The van der Waals surface area contributed by atoms with Gasteiger partial charge in [0, 0.05) is 5.57 Å². The molecular formula is C27H28O6. The number of rotatable bonds is 8. The molecule has 3 rings (SSSR count). The minimum atomic E-state index is -2.09. The molecule has 0 aliphatic carbocycles. The average Bonchev–Trinajstić information content (AvgIpc) is 2.84. The summed E-state index contributed by atoms with van der Waals surface area (Å²) in [6.45, 7) is 3.44. The molecule has 33 heavy (non-hydrogen) atoms. The Morgan fingerprint density at radius 2 is 1.39 bits per heavy atom. The Balaban J connectivity index is 2.02. The summed E-state index contributed by atoms with van der Waals surface area (Å²) in [6.07, 6.45) is 0.900. The van der Waals surface area contributed by atoms with Gasteiger partial charge in [0.05, 0.1) is 20.5 Å². The first-order chi connectivity index (χ1) is 15.8. The van der Waals surface area contributed by atoms with Crippen molar-refractivity contribution in [2.75, 3.05) is 20.8 Å². The fraction of sp³-hybridized carbons (Fsp3) is 0.222. The number of methoxy groups -OCH3 is 2. The van der Waals surface area contributed by atoms with Gasteiger partial charge in [-0.1, -0.05) is 42.5 Å². The first-order valence-corrected chi connectivity index (χ1v) is 10.4. The summed E-state index contributed by atoms with van der Waals surface area (Å²) in [5, 5.41) is 21.5. The average molecular weight is 449 g/mol. The summed E-state index contributed by atoms with van der Waals surface area (Å²) in [5.41, 5.74) is 1.21. The standard InChI is InChI=1S/C27H28O6/c1-18-14-22(10-12-24(18)31-3)27(30,23-11-13-25(32-4)19(2)15-23)26(29)33-17-21(16-28)20-8-6-5-7-9-20/h5-16,28,30H,17H2,1-4H3. The van der Waals surface area contributed by atoms with E-state index in [0.717, 1.165) is 17.4 Å². The maximum atomic E-state index is 13.4. The monoisotopic (exact) mass is 448 g/mol. The van der Waals surface area contributed by atoms with E-state index in [1.165, 1.54) is 0 Å². The fourth-order valence-electron chi connectivity index (χ4n) is 3.70. The molecule has 0 radical (unpaired) electrons. The zero-order valence-corrected chi connectivity index (χ0v) is 19.2. The Bertz CT molecular complexity index is 1100. The number of carbonyl (C=O) groups is 1. The van der Waals surface area contributed by atoms with E-state index in [1.807, 2.05) is 32.0 Å². The van der Waals surface area contributed by atoms with E-state index >= 15 is 0 Å². The molecule has 6 heteroatoms. The fourth-order valence-corrected chi connectivity index (χ4v) is 3.70. The van der Waals surface area contributed by atoms with Crippen molar-refractivity contribution in [2.24, 2.45) is 0 Å². The molecule has 0 atom stereocenters. The second-order valence-electron chi connectivity index (χ2n) is 7.68. The zero-order valence-electron chi connectivity index (χ0n) is 19.2. The van der Waals surface area contributed by atoms with Gasteiger partial charge in [-0.25, -0.2) is 4.79 Å². The number of ether oxygens (including phenoxy) is 3.